The van der Waals surface area contributed by atoms with Crippen LogP contribution in [0.25, 0.3) is 0 Å². The van der Waals surface area contributed by atoms with E-state index in [1.807, 2.05) is 25.2 Å². The van der Waals surface area contributed by atoms with Crippen LogP contribution in [0.4, 0.5) is 0 Å². The fourth-order valence-corrected chi connectivity index (χ4v) is 2.82. The fraction of sp³-hybridized carbons (Fsp3) is 0.158. The lowest BCUT2D eigenvalue weighted by atomic mass is 10.1. The lowest BCUT2D eigenvalue weighted by molar-refractivity contribution is 0.0950. The third-order valence-corrected chi connectivity index (χ3v) is 4.39. The van der Waals surface area contributed by atoms with Crippen molar-refractivity contribution in [2.24, 2.45) is 7.05 Å². The van der Waals surface area contributed by atoms with Crippen LogP contribution in [0.15, 0.2) is 54.7 Å². The quantitative estimate of drug-likeness (QED) is 0.685. The van der Waals surface area contributed by atoms with Crippen molar-refractivity contribution in [1.82, 2.24) is 15.1 Å². The van der Waals surface area contributed by atoms with Crippen molar-refractivity contribution in [1.29, 1.82) is 0 Å². The summed E-state index contributed by atoms with van der Waals surface area (Å²) in [5.74, 6) is 0.425. The second kappa shape index (κ2) is 8.25. The lowest BCUT2D eigenvalue weighted by Crippen LogP contribution is -2.24. The highest BCUT2D eigenvalue weighted by Gasteiger charge is 2.08. The van der Waals surface area contributed by atoms with Gasteiger partial charge in [0.1, 0.15) is 12.4 Å². The molecule has 0 saturated carbocycles. The molecule has 0 saturated heterocycles. The summed E-state index contributed by atoms with van der Waals surface area (Å²) in [4.78, 5) is 12.2. The SMILES string of the molecule is Cn1nccc1CNC(=O)c1ccc(COc2ccc(Cl)cc2Cl)cc1. The van der Waals surface area contributed by atoms with E-state index in [9.17, 15) is 4.79 Å². The molecule has 0 fully saturated rings. The normalized spacial score (nSPS) is 10.6. The average molecular weight is 390 g/mol. The maximum absolute atomic E-state index is 12.2. The number of benzene rings is 2. The van der Waals surface area contributed by atoms with Crippen LogP contribution in [0.3, 0.4) is 0 Å². The molecule has 26 heavy (non-hydrogen) atoms. The van der Waals surface area contributed by atoms with Gasteiger partial charge in [0, 0.05) is 23.8 Å². The second-order valence-electron chi connectivity index (χ2n) is 5.69. The second-order valence-corrected chi connectivity index (χ2v) is 6.53. The van der Waals surface area contributed by atoms with Crippen LogP contribution in [0.5, 0.6) is 5.75 Å². The molecule has 134 valence electrons. The molecule has 0 aliphatic heterocycles. The van der Waals surface area contributed by atoms with Gasteiger partial charge in [-0.2, -0.15) is 5.10 Å². The van der Waals surface area contributed by atoms with Gasteiger partial charge in [-0.3, -0.25) is 9.48 Å². The zero-order chi connectivity index (χ0) is 18.5. The van der Waals surface area contributed by atoms with Gasteiger partial charge in [-0.1, -0.05) is 35.3 Å². The summed E-state index contributed by atoms with van der Waals surface area (Å²) in [6, 6.07) is 14.2. The minimum atomic E-state index is -0.139. The summed E-state index contributed by atoms with van der Waals surface area (Å²) in [7, 11) is 1.84. The number of nitrogens with one attached hydrogen (secondary N) is 1. The summed E-state index contributed by atoms with van der Waals surface area (Å²) in [6.07, 6.45) is 1.70. The van der Waals surface area contributed by atoms with Crippen LogP contribution in [0.1, 0.15) is 21.6 Å². The molecule has 0 unspecified atom stereocenters. The smallest absolute Gasteiger partial charge is 0.251 e. The first kappa shape index (κ1) is 18.3. The Morgan fingerprint density at radius 3 is 2.58 bits per heavy atom. The van der Waals surface area contributed by atoms with E-state index in [4.69, 9.17) is 27.9 Å². The molecule has 7 heteroatoms. The van der Waals surface area contributed by atoms with Crippen LogP contribution >= 0.6 is 23.2 Å². The molecule has 1 aromatic heterocycles. The number of amides is 1. The van der Waals surface area contributed by atoms with Crippen molar-refractivity contribution >= 4 is 29.1 Å². The van der Waals surface area contributed by atoms with Gasteiger partial charge in [-0.15, -0.1) is 0 Å². The van der Waals surface area contributed by atoms with E-state index in [1.54, 1.807) is 41.2 Å². The van der Waals surface area contributed by atoms with Gasteiger partial charge in [0.2, 0.25) is 0 Å². The van der Waals surface area contributed by atoms with Crippen molar-refractivity contribution in [3.05, 3.63) is 81.6 Å². The van der Waals surface area contributed by atoms with Crippen molar-refractivity contribution in [2.75, 3.05) is 0 Å². The molecule has 3 aromatic rings. The molecule has 0 radical (unpaired) electrons. The number of aromatic nitrogens is 2. The molecule has 0 bridgehead atoms. The van der Waals surface area contributed by atoms with Gasteiger partial charge in [-0.25, -0.2) is 0 Å². The largest absolute Gasteiger partial charge is 0.487 e. The molecule has 1 heterocycles. The van der Waals surface area contributed by atoms with E-state index in [0.29, 0.717) is 34.5 Å². The Labute approximate surface area is 161 Å². The zero-order valence-electron chi connectivity index (χ0n) is 14.1. The van der Waals surface area contributed by atoms with E-state index in [2.05, 4.69) is 10.4 Å². The van der Waals surface area contributed by atoms with E-state index >= 15 is 0 Å². The predicted molar refractivity (Wildman–Crippen MR) is 102 cm³/mol. The average Bonchev–Trinajstić information content (AvgIpc) is 3.04. The molecule has 0 spiro atoms. The minimum Gasteiger partial charge on any atom is -0.487 e. The maximum atomic E-state index is 12.2. The molecular weight excluding hydrogens is 373 g/mol. The molecule has 3 rings (SSSR count). The van der Waals surface area contributed by atoms with Gasteiger partial charge in [-0.05, 0) is 42.0 Å². The van der Waals surface area contributed by atoms with E-state index in [-0.39, 0.29) is 5.91 Å². The summed E-state index contributed by atoms with van der Waals surface area (Å²) in [6.45, 7) is 0.771. The van der Waals surface area contributed by atoms with Gasteiger partial charge < -0.3 is 10.1 Å². The van der Waals surface area contributed by atoms with Gasteiger partial charge in [0.15, 0.2) is 0 Å². The third-order valence-electron chi connectivity index (χ3n) is 3.86. The number of ether oxygens (including phenoxy) is 1. The predicted octanol–water partition coefficient (Wildman–Crippen LogP) is 4.24. The third kappa shape index (κ3) is 4.56. The Morgan fingerprint density at radius 1 is 1.15 bits per heavy atom. The van der Waals surface area contributed by atoms with Crippen LogP contribution < -0.4 is 10.1 Å². The van der Waals surface area contributed by atoms with Gasteiger partial charge in [0.25, 0.3) is 5.91 Å². The number of rotatable bonds is 6. The molecular formula is C19H17Cl2N3O2. The van der Waals surface area contributed by atoms with Crippen molar-refractivity contribution in [2.45, 2.75) is 13.2 Å². The summed E-state index contributed by atoms with van der Waals surface area (Å²) < 4.78 is 7.41. The Morgan fingerprint density at radius 2 is 1.92 bits per heavy atom. The molecule has 0 aliphatic rings. The monoisotopic (exact) mass is 389 g/mol. The zero-order valence-corrected chi connectivity index (χ0v) is 15.6. The number of carbonyl (C=O) groups excluding carboxylic acids is 1. The highest BCUT2D eigenvalue weighted by atomic mass is 35.5. The fourth-order valence-electron chi connectivity index (χ4n) is 2.35. The van der Waals surface area contributed by atoms with Crippen LogP contribution in [0, 0.1) is 0 Å². The first-order valence-corrected chi connectivity index (χ1v) is 8.70. The standard InChI is InChI=1S/C19H17Cl2N3O2/c1-24-16(8-9-23-24)11-22-19(25)14-4-2-13(3-5-14)12-26-18-7-6-15(20)10-17(18)21/h2-10H,11-12H2,1H3,(H,22,25). The Kier molecular flexibility index (Phi) is 5.81. The molecule has 2 aromatic carbocycles. The number of nitrogens with zero attached hydrogens (tertiary/aromatic N) is 2. The van der Waals surface area contributed by atoms with Crippen molar-refractivity contribution < 1.29 is 9.53 Å². The maximum Gasteiger partial charge on any atom is 0.251 e. The van der Waals surface area contributed by atoms with E-state index < -0.39 is 0 Å². The lowest BCUT2D eigenvalue weighted by Gasteiger charge is -2.09. The number of aryl methyl sites for hydroxylation is 1. The highest BCUT2D eigenvalue weighted by molar-refractivity contribution is 6.35. The van der Waals surface area contributed by atoms with Crippen molar-refractivity contribution in [3.63, 3.8) is 0 Å². The Hall–Kier alpha value is -2.50. The van der Waals surface area contributed by atoms with Crippen molar-refractivity contribution in [3.8, 4) is 5.75 Å². The molecule has 5 nitrogen and oxygen atoms in total. The Bertz CT molecular complexity index is 907. The van der Waals surface area contributed by atoms with E-state index in [1.165, 1.54) is 0 Å². The molecule has 1 amide bonds. The summed E-state index contributed by atoms with van der Waals surface area (Å²) >= 11 is 11.9. The van der Waals surface area contributed by atoms with Gasteiger partial charge >= 0.3 is 0 Å². The number of hydrogen-bond donors (Lipinski definition) is 1. The first-order chi connectivity index (χ1) is 12.5. The number of carbonyl (C=O) groups is 1. The number of halogens is 2. The first-order valence-electron chi connectivity index (χ1n) is 7.95. The molecule has 0 aliphatic carbocycles. The van der Waals surface area contributed by atoms with E-state index in [0.717, 1.165) is 11.3 Å². The van der Waals surface area contributed by atoms with Crippen LogP contribution in [-0.4, -0.2) is 15.7 Å². The van der Waals surface area contributed by atoms with Gasteiger partial charge in [0.05, 0.1) is 17.3 Å². The van der Waals surface area contributed by atoms with Crippen LogP contribution in [0.2, 0.25) is 10.0 Å². The minimum absolute atomic E-state index is 0.139. The highest BCUT2D eigenvalue weighted by Crippen LogP contribution is 2.28. The summed E-state index contributed by atoms with van der Waals surface area (Å²) in [5, 5.41) is 7.96. The molecule has 1 N–H and O–H groups in total. The molecule has 0 atom stereocenters. The Balaban J connectivity index is 1.55. The van der Waals surface area contributed by atoms with Crippen LogP contribution in [-0.2, 0) is 20.2 Å². The number of hydrogen-bond acceptors (Lipinski definition) is 3. The topological polar surface area (TPSA) is 56.2 Å². The summed E-state index contributed by atoms with van der Waals surface area (Å²) in [5.41, 5.74) is 2.45.